The number of hydrogen-bond acceptors (Lipinski definition) is 6. The summed E-state index contributed by atoms with van der Waals surface area (Å²) in [4.78, 5) is 38.5. The van der Waals surface area contributed by atoms with Gasteiger partial charge in [0.1, 0.15) is 13.2 Å². The normalized spacial score (nSPS) is 13.1. The minimum atomic E-state index is -0.807. The van der Waals surface area contributed by atoms with Crippen LogP contribution in [0.4, 0.5) is 0 Å². The maximum Gasteiger partial charge on any atom is 0.306 e. The molecule has 0 fully saturated rings. The van der Waals surface area contributed by atoms with Crippen molar-refractivity contribution in [2.75, 3.05) is 13.2 Å². The summed E-state index contributed by atoms with van der Waals surface area (Å²) >= 11 is 0. The highest BCUT2D eigenvalue weighted by atomic mass is 16.6. The molecule has 0 aliphatic heterocycles. The second-order valence-corrected chi connectivity index (χ2v) is 21.9. The van der Waals surface area contributed by atoms with E-state index in [2.05, 4.69) is 179 Å². The summed E-state index contributed by atoms with van der Waals surface area (Å²) in [5.74, 6) is -0.933. The van der Waals surface area contributed by atoms with Crippen LogP contribution in [0.2, 0.25) is 0 Å². The molecule has 0 radical (unpaired) electrons. The van der Waals surface area contributed by atoms with Crippen molar-refractivity contribution in [2.24, 2.45) is 0 Å². The van der Waals surface area contributed by atoms with Crippen molar-refractivity contribution in [3.63, 3.8) is 0 Å². The number of ether oxygens (including phenoxy) is 3. The van der Waals surface area contributed by atoms with Gasteiger partial charge in [0, 0.05) is 19.3 Å². The molecule has 6 heteroatoms. The van der Waals surface area contributed by atoms with E-state index >= 15 is 0 Å². The topological polar surface area (TPSA) is 78.9 Å². The molecule has 0 aliphatic rings. The van der Waals surface area contributed by atoms with E-state index < -0.39 is 6.10 Å². The lowest BCUT2D eigenvalue weighted by Crippen LogP contribution is -2.30. The number of hydrogen-bond donors (Lipinski definition) is 0. The van der Waals surface area contributed by atoms with Gasteiger partial charge in [-0.3, -0.25) is 14.4 Å². The molecular weight excluding hydrogens is 1020 g/mol. The predicted molar refractivity (Wildman–Crippen MR) is 362 cm³/mol. The molecule has 0 N–H and O–H groups in total. The van der Waals surface area contributed by atoms with Gasteiger partial charge in [-0.1, -0.05) is 288 Å². The van der Waals surface area contributed by atoms with Crippen LogP contribution in [-0.2, 0) is 28.6 Å². The third kappa shape index (κ3) is 67.7. The van der Waals surface area contributed by atoms with Crippen molar-refractivity contribution in [2.45, 2.75) is 297 Å². The average molecular weight is 1150 g/mol. The van der Waals surface area contributed by atoms with Crippen LogP contribution < -0.4 is 0 Å². The number of carbonyl (C=O) groups excluding carboxylic acids is 3. The third-order valence-electron chi connectivity index (χ3n) is 14.0. The molecule has 468 valence electrons. The SMILES string of the molecule is CC/C=C\C/C=C\C/C=C\C/C=C\C/C=C\C/C=C\CCCCCCC(=O)OC(COC(=O)CCCCCCCCC/C=C\C/C=C\C/C=C\CC)COC(=O)CCCCCCCCCCCCCC/C=C\C/C=C\C/C=C\C/C=C\CC. The Kier molecular flexibility index (Phi) is 65.4. The Morgan fingerprint density at radius 1 is 0.241 bits per heavy atom. The molecule has 0 saturated heterocycles. The molecule has 0 heterocycles. The van der Waals surface area contributed by atoms with Crippen LogP contribution in [0.25, 0.3) is 0 Å². The first-order valence-electron chi connectivity index (χ1n) is 34.0. The van der Waals surface area contributed by atoms with Gasteiger partial charge in [-0.05, 0) is 141 Å². The van der Waals surface area contributed by atoms with Gasteiger partial charge >= 0.3 is 17.9 Å². The molecule has 0 aliphatic carbocycles. The van der Waals surface area contributed by atoms with Crippen molar-refractivity contribution in [3.05, 3.63) is 158 Å². The Morgan fingerprint density at radius 3 is 0.675 bits per heavy atom. The van der Waals surface area contributed by atoms with Crippen LogP contribution in [0.1, 0.15) is 290 Å². The summed E-state index contributed by atoms with van der Waals surface area (Å²) < 4.78 is 17.0. The first-order valence-corrected chi connectivity index (χ1v) is 34.0. The molecular formula is C77H124O6. The van der Waals surface area contributed by atoms with Crippen molar-refractivity contribution in [1.29, 1.82) is 0 Å². The van der Waals surface area contributed by atoms with Crippen LogP contribution >= 0.6 is 0 Å². The fraction of sp³-hybridized carbons (Fsp3) is 0.623. The molecule has 83 heavy (non-hydrogen) atoms. The molecule has 0 bridgehead atoms. The molecule has 0 aromatic heterocycles. The number of esters is 3. The zero-order valence-electron chi connectivity index (χ0n) is 53.7. The molecule has 0 aromatic rings. The van der Waals surface area contributed by atoms with E-state index in [0.717, 1.165) is 161 Å². The van der Waals surface area contributed by atoms with Crippen molar-refractivity contribution >= 4 is 17.9 Å². The Bertz CT molecular complexity index is 1840. The highest BCUT2D eigenvalue weighted by Crippen LogP contribution is 2.16. The summed E-state index contributed by atoms with van der Waals surface area (Å²) in [6.07, 6.45) is 101. The maximum absolute atomic E-state index is 13.0. The predicted octanol–water partition coefficient (Wildman–Crippen LogP) is 23.7. The Hall–Kier alpha value is -4.97. The van der Waals surface area contributed by atoms with Gasteiger partial charge in [-0.25, -0.2) is 0 Å². The maximum atomic E-state index is 13.0. The van der Waals surface area contributed by atoms with Crippen LogP contribution in [-0.4, -0.2) is 37.2 Å². The van der Waals surface area contributed by atoms with Gasteiger partial charge in [-0.2, -0.15) is 0 Å². The summed E-state index contributed by atoms with van der Waals surface area (Å²) in [5.41, 5.74) is 0. The fourth-order valence-corrected chi connectivity index (χ4v) is 9.04. The quantitative estimate of drug-likeness (QED) is 0.0261. The van der Waals surface area contributed by atoms with Crippen molar-refractivity contribution in [1.82, 2.24) is 0 Å². The first-order chi connectivity index (χ1) is 41.0. The molecule has 0 rings (SSSR count). The number of allylic oxidation sites excluding steroid dienone is 26. The summed E-state index contributed by atoms with van der Waals surface area (Å²) in [7, 11) is 0. The lowest BCUT2D eigenvalue weighted by molar-refractivity contribution is -0.167. The Labute approximate surface area is 511 Å². The highest BCUT2D eigenvalue weighted by molar-refractivity contribution is 5.71. The zero-order valence-corrected chi connectivity index (χ0v) is 53.7. The number of unbranched alkanes of at least 4 members (excludes halogenated alkanes) is 23. The van der Waals surface area contributed by atoms with E-state index in [-0.39, 0.29) is 37.5 Å². The van der Waals surface area contributed by atoms with Gasteiger partial charge in [0.25, 0.3) is 0 Å². The van der Waals surface area contributed by atoms with Crippen LogP contribution in [0.15, 0.2) is 158 Å². The van der Waals surface area contributed by atoms with Crippen molar-refractivity contribution < 1.29 is 28.6 Å². The Balaban J connectivity index is 4.45. The first kappa shape index (κ1) is 78.0. The summed E-state index contributed by atoms with van der Waals surface area (Å²) in [5, 5.41) is 0. The summed E-state index contributed by atoms with van der Waals surface area (Å²) in [6.45, 7) is 6.29. The number of rotatable bonds is 60. The molecule has 1 unspecified atom stereocenters. The molecule has 6 nitrogen and oxygen atoms in total. The Morgan fingerprint density at radius 2 is 0.434 bits per heavy atom. The van der Waals surface area contributed by atoms with Crippen LogP contribution in [0.3, 0.4) is 0 Å². The minimum absolute atomic E-state index is 0.0983. The molecule has 0 saturated carbocycles. The molecule has 1 atom stereocenters. The summed E-state index contributed by atoms with van der Waals surface area (Å²) in [6, 6.07) is 0. The third-order valence-corrected chi connectivity index (χ3v) is 14.0. The lowest BCUT2D eigenvalue weighted by atomic mass is 10.0. The standard InChI is InChI=1S/C77H124O6/c1-4-7-10-13-16-19-22-25-28-31-33-35-37-38-40-41-43-46-49-52-55-58-61-64-67-70-76(79)82-73-74(72-81-75(78)69-66-63-60-57-54-51-48-45-30-27-24-21-18-15-12-9-6-3)83-77(80)71-68-65-62-59-56-53-50-47-44-42-39-36-34-32-29-26-23-20-17-14-11-8-5-2/h7-12,16-21,25-30,33-36,42,44,50,53,74H,4-6,13-15,22-24,31-32,37-41,43,45-49,51-52,54-73H2,1-3H3/b10-7-,11-8-,12-9-,19-16-,20-17-,21-18-,28-25-,29-26-,30-27-,35-33-,36-34-,44-42-,53-50-. The molecule has 0 aromatic carbocycles. The van der Waals surface area contributed by atoms with E-state index in [0.29, 0.717) is 12.8 Å². The van der Waals surface area contributed by atoms with E-state index in [1.807, 2.05) is 0 Å². The second-order valence-electron chi connectivity index (χ2n) is 21.9. The smallest absolute Gasteiger partial charge is 0.306 e. The van der Waals surface area contributed by atoms with Crippen LogP contribution in [0.5, 0.6) is 0 Å². The largest absolute Gasteiger partial charge is 0.462 e. The minimum Gasteiger partial charge on any atom is -0.462 e. The van der Waals surface area contributed by atoms with Gasteiger partial charge in [0.05, 0.1) is 0 Å². The number of carbonyl (C=O) groups is 3. The molecule has 0 amide bonds. The zero-order chi connectivity index (χ0) is 59.9. The van der Waals surface area contributed by atoms with E-state index in [9.17, 15) is 14.4 Å². The fourth-order valence-electron chi connectivity index (χ4n) is 9.04. The van der Waals surface area contributed by atoms with E-state index in [1.165, 1.54) is 89.9 Å². The lowest BCUT2D eigenvalue weighted by Gasteiger charge is -2.18. The van der Waals surface area contributed by atoms with E-state index in [1.54, 1.807) is 0 Å². The van der Waals surface area contributed by atoms with E-state index in [4.69, 9.17) is 14.2 Å². The van der Waals surface area contributed by atoms with Gasteiger partial charge in [0.2, 0.25) is 0 Å². The van der Waals surface area contributed by atoms with Crippen molar-refractivity contribution in [3.8, 4) is 0 Å². The monoisotopic (exact) mass is 1140 g/mol. The second kappa shape index (κ2) is 69.5. The van der Waals surface area contributed by atoms with Gasteiger partial charge in [-0.15, -0.1) is 0 Å². The molecule has 0 spiro atoms. The van der Waals surface area contributed by atoms with Gasteiger partial charge < -0.3 is 14.2 Å². The van der Waals surface area contributed by atoms with Crippen LogP contribution in [0, 0.1) is 0 Å². The average Bonchev–Trinajstić information content (AvgIpc) is 3.49. The highest BCUT2D eigenvalue weighted by Gasteiger charge is 2.19. The van der Waals surface area contributed by atoms with Gasteiger partial charge in [0.15, 0.2) is 6.10 Å².